The summed E-state index contributed by atoms with van der Waals surface area (Å²) in [5.74, 6) is 0. The van der Waals surface area contributed by atoms with Crippen LogP contribution in [-0.4, -0.2) is 29.0 Å². The molecular weight excluding hydrogens is 212 g/mol. The Kier molecular flexibility index (Phi) is 4.53. The lowest BCUT2D eigenvalue weighted by molar-refractivity contribution is 0.131. The Balaban J connectivity index is 2.67. The highest BCUT2D eigenvalue weighted by Gasteiger charge is 2.03. The zero-order valence-corrected chi connectivity index (χ0v) is 8.97. The van der Waals surface area contributed by atoms with Gasteiger partial charge in [0.25, 0.3) is 5.56 Å². The summed E-state index contributed by atoms with van der Waals surface area (Å²) in [6.45, 7) is 2.08. The van der Waals surface area contributed by atoms with Gasteiger partial charge in [-0.3, -0.25) is 10.1 Å². The van der Waals surface area contributed by atoms with Gasteiger partial charge in [0.2, 0.25) is 0 Å². The molecule has 6 nitrogen and oxygen atoms in total. The number of aryl methyl sites for hydroxylation is 1. The summed E-state index contributed by atoms with van der Waals surface area (Å²) in [5.41, 5.74) is 0.348. The number of amides is 1. The van der Waals surface area contributed by atoms with Crippen molar-refractivity contribution in [1.29, 1.82) is 0 Å². The van der Waals surface area contributed by atoms with Crippen molar-refractivity contribution < 1.29 is 14.6 Å². The van der Waals surface area contributed by atoms with Crippen molar-refractivity contribution in [2.45, 2.75) is 13.5 Å². The van der Waals surface area contributed by atoms with Crippen LogP contribution in [0.3, 0.4) is 0 Å². The van der Waals surface area contributed by atoms with Crippen molar-refractivity contribution in [2.24, 2.45) is 0 Å². The Morgan fingerprint density at radius 1 is 1.56 bits per heavy atom. The second-order valence-electron chi connectivity index (χ2n) is 3.03. The summed E-state index contributed by atoms with van der Waals surface area (Å²) >= 11 is 0. The Morgan fingerprint density at radius 3 is 2.94 bits per heavy atom. The van der Waals surface area contributed by atoms with E-state index >= 15 is 0 Å². The van der Waals surface area contributed by atoms with Crippen LogP contribution in [0.2, 0.25) is 0 Å². The van der Waals surface area contributed by atoms with Crippen LogP contribution < -0.4 is 10.9 Å². The number of aliphatic hydroxyl groups excluding tert-OH is 1. The molecule has 2 N–H and O–H groups in total. The highest BCUT2D eigenvalue weighted by atomic mass is 16.6. The molecule has 0 aliphatic heterocycles. The van der Waals surface area contributed by atoms with Gasteiger partial charge < -0.3 is 14.4 Å². The molecule has 0 saturated carbocycles. The molecule has 0 aliphatic rings. The van der Waals surface area contributed by atoms with Crippen LogP contribution in [0, 0.1) is 0 Å². The van der Waals surface area contributed by atoms with Gasteiger partial charge in [-0.2, -0.15) is 0 Å². The second-order valence-corrected chi connectivity index (χ2v) is 3.03. The lowest BCUT2D eigenvalue weighted by Crippen LogP contribution is -2.20. The van der Waals surface area contributed by atoms with Crippen LogP contribution in [0.5, 0.6) is 0 Å². The summed E-state index contributed by atoms with van der Waals surface area (Å²) in [4.78, 5) is 22.4. The smallest absolute Gasteiger partial charge is 0.411 e. The maximum absolute atomic E-state index is 11.2. The first kappa shape index (κ1) is 12.3. The number of pyridine rings is 1. The quantitative estimate of drug-likeness (QED) is 0.779. The van der Waals surface area contributed by atoms with E-state index in [0.29, 0.717) is 12.2 Å². The SMILES string of the molecule is CCn1cc(NC(=O)OCCO)ccc1=O. The van der Waals surface area contributed by atoms with Crippen molar-refractivity contribution in [3.05, 3.63) is 28.7 Å². The molecule has 0 aliphatic carbocycles. The topological polar surface area (TPSA) is 80.6 Å². The van der Waals surface area contributed by atoms with Crippen molar-refractivity contribution in [3.8, 4) is 0 Å². The largest absolute Gasteiger partial charge is 0.447 e. The molecule has 0 radical (unpaired) electrons. The molecule has 1 aromatic heterocycles. The number of hydrogen-bond donors (Lipinski definition) is 2. The highest BCUT2D eigenvalue weighted by molar-refractivity contribution is 5.84. The molecule has 0 fully saturated rings. The summed E-state index contributed by atoms with van der Waals surface area (Å²) in [6, 6.07) is 2.86. The Labute approximate surface area is 92.5 Å². The van der Waals surface area contributed by atoms with Gasteiger partial charge in [-0.05, 0) is 13.0 Å². The van der Waals surface area contributed by atoms with Crippen LogP contribution in [-0.2, 0) is 11.3 Å². The van der Waals surface area contributed by atoms with Crippen molar-refractivity contribution in [2.75, 3.05) is 18.5 Å². The number of rotatable bonds is 4. The molecule has 1 rings (SSSR count). The molecule has 0 bridgehead atoms. The third-order valence-electron chi connectivity index (χ3n) is 1.89. The molecule has 6 heteroatoms. The number of aromatic nitrogens is 1. The van der Waals surface area contributed by atoms with E-state index in [2.05, 4.69) is 10.1 Å². The van der Waals surface area contributed by atoms with Crippen molar-refractivity contribution in [1.82, 2.24) is 4.57 Å². The van der Waals surface area contributed by atoms with Crippen LogP contribution >= 0.6 is 0 Å². The van der Waals surface area contributed by atoms with Gasteiger partial charge in [-0.15, -0.1) is 0 Å². The molecule has 0 aromatic carbocycles. The lowest BCUT2D eigenvalue weighted by Gasteiger charge is -2.07. The number of anilines is 1. The van der Waals surface area contributed by atoms with E-state index in [1.165, 1.54) is 22.9 Å². The normalized spacial score (nSPS) is 9.88. The monoisotopic (exact) mass is 226 g/mol. The van der Waals surface area contributed by atoms with Gasteiger partial charge in [-0.25, -0.2) is 4.79 Å². The number of carbonyl (C=O) groups is 1. The van der Waals surface area contributed by atoms with E-state index in [-0.39, 0.29) is 18.8 Å². The standard InChI is InChI=1S/C10H14N2O4/c1-2-12-7-8(3-4-9(12)14)11-10(15)16-6-5-13/h3-4,7,13H,2,5-6H2,1H3,(H,11,15). The highest BCUT2D eigenvalue weighted by Crippen LogP contribution is 2.03. The van der Waals surface area contributed by atoms with Crippen LogP contribution in [0.25, 0.3) is 0 Å². The first-order valence-corrected chi connectivity index (χ1v) is 4.92. The molecule has 0 spiro atoms. The fourth-order valence-electron chi connectivity index (χ4n) is 1.14. The van der Waals surface area contributed by atoms with E-state index < -0.39 is 6.09 Å². The molecule has 1 amide bonds. The third-order valence-corrected chi connectivity index (χ3v) is 1.89. The van der Waals surface area contributed by atoms with Gasteiger partial charge in [0, 0.05) is 18.8 Å². The maximum atomic E-state index is 11.2. The van der Waals surface area contributed by atoms with Crippen LogP contribution in [0.15, 0.2) is 23.1 Å². The fourth-order valence-corrected chi connectivity index (χ4v) is 1.14. The van der Waals surface area contributed by atoms with E-state index in [1.807, 2.05) is 6.92 Å². The molecule has 1 heterocycles. The first-order chi connectivity index (χ1) is 7.67. The molecule has 88 valence electrons. The van der Waals surface area contributed by atoms with E-state index in [4.69, 9.17) is 5.11 Å². The van der Waals surface area contributed by atoms with E-state index in [0.717, 1.165) is 0 Å². The third kappa shape index (κ3) is 3.39. The fraction of sp³-hybridized carbons (Fsp3) is 0.400. The number of aliphatic hydroxyl groups is 1. The molecular formula is C10H14N2O4. The van der Waals surface area contributed by atoms with Gasteiger partial charge >= 0.3 is 6.09 Å². The minimum atomic E-state index is -0.657. The predicted octanol–water partition coefficient (Wildman–Crippen LogP) is 0.409. The predicted molar refractivity (Wildman–Crippen MR) is 58.4 cm³/mol. The summed E-state index contributed by atoms with van der Waals surface area (Å²) in [5, 5.41) is 10.9. The van der Waals surface area contributed by atoms with E-state index in [9.17, 15) is 9.59 Å². The number of nitrogens with zero attached hydrogens (tertiary/aromatic N) is 1. The van der Waals surface area contributed by atoms with Crippen molar-refractivity contribution >= 4 is 11.8 Å². The van der Waals surface area contributed by atoms with Gasteiger partial charge in [0.1, 0.15) is 6.61 Å². The number of nitrogens with one attached hydrogen (secondary N) is 1. The maximum Gasteiger partial charge on any atom is 0.411 e. The average Bonchev–Trinajstić information content (AvgIpc) is 2.29. The number of ether oxygens (including phenoxy) is 1. The Hall–Kier alpha value is -1.82. The van der Waals surface area contributed by atoms with Gasteiger partial charge in [0.15, 0.2) is 0 Å². The average molecular weight is 226 g/mol. The molecule has 0 unspecified atom stereocenters. The minimum absolute atomic E-state index is 0.0563. The molecule has 1 aromatic rings. The summed E-state index contributed by atoms with van der Waals surface area (Å²) < 4.78 is 6.07. The number of hydrogen-bond acceptors (Lipinski definition) is 4. The molecule has 0 saturated heterocycles. The Bertz CT molecular complexity index is 414. The number of carbonyl (C=O) groups excluding carboxylic acids is 1. The van der Waals surface area contributed by atoms with Crippen LogP contribution in [0.1, 0.15) is 6.92 Å². The van der Waals surface area contributed by atoms with Gasteiger partial charge in [-0.1, -0.05) is 0 Å². The van der Waals surface area contributed by atoms with Crippen LogP contribution in [0.4, 0.5) is 10.5 Å². The van der Waals surface area contributed by atoms with E-state index in [1.54, 1.807) is 0 Å². The van der Waals surface area contributed by atoms with Gasteiger partial charge in [0.05, 0.1) is 12.3 Å². The summed E-state index contributed by atoms with van der Waals surface area (Å²) in [7, 11) is 0. The molecule has 0 atom stereocenters. The first-order valence-electron chi connectivity index (χ1n) is 4.92. The zero-order valence-electron chi connectivity index (χ0n) is 8.97. The Morgan fingerprint density at radius 2 is 2.31 bits per heavy atom. The second kappa shape index (κ2) is 5.92. The summed E-state index contributed by atoms with van der Waals surface area (Å²) in [6.07, 6.45) is 0.873. The van der Waals surface area contributed by atoms with Crippen molar-refractivity contribution in [3.63, 3.8) is 0 Å². The lowest BCUT2D eigenvalue weighted by atomic mass is 10.4. The minimum Gasteiger partial charge on any atom is -0.447 e. The molecule has 16 heavy (non-hydrogen) atoms. The zero-order chi connectivity index (χ0) is 12.0.